The standard InChI is InChI=1S/C27H23FN6O3/c1-2-23(35)31-20-5-3-4-16(12-20)24-22(28)11-6-17-13-29-26(33-25(17)24)32-19-9-7-18(8-10-19)30-21-14-34(15-21)27(36)37/h2-13,21,30H,1,14-15H2,(H,31,35)(H,36,37)(H,29,32,33). The summed E-state index contributed by atoms with van der Waals surface area (Å²) in [5.74, 6) is -0.509. The minimum atomic E-state index is -0.914. The number of aromatic nitrogens is 2. The van der Waals surface area contributed by atoms with Crippen molar-refractivity contribution in [1.82, 2.24) is 14.9 Å². The third-order valence-electron chi connectivity index (χ3n) is 5.97. The first-order chi connectivity index (χ1) is 17.9. The van der Waals surface area contributed by atoms with Gasteiger partial charge >= 0.3 is 6.09 Å². The number of hydrogen-bond donors (Lipinski definition) is 4. The number of nitrogens with one attached hydrogen (secondary N) is 3. The van der Waals surface area contributed by atoms with Crippen LogP contribution in [0.4, 0.5) is 32.2 Å². The lowest BCUT2D eigenvalue weighted by molar-refractivity contribution is -0.111. The predicted molar refractivity (Wildman–Crippen MR) is 140 cm³/mol. The molecule has 1 aliphatic rings. The summed E-state index contributed by atoms with van der Waals surface area (Å²) < 4.78 is 15.0. The third-order valence-corrected chi connectivity index (χ3v) is 5.97. The Hall–Kier alpha value is -4.99. The molecule has 0 saturated carbocycles. The molecule has 3 aromatic carbocycles. The van der Waals surface area contributed by atoms with Crippen molar-refractivity contribution in [2.75, 3.05) is 29.0 Å². The second-order valence-electron chi connectivity index (χ2n) is 8.56. The van der Waals surface area contributed by atoms with Gasteiger partial charge in [0.25, 0.3) is 0 Å². The molecular formula is C27H23FN6O3. The fourth-order valence-electron chi connectivity index (χ4n) is 4.09. The zero-order valence-electron chi connectivity index (χ0n) is 19.6. The number of rotatable bonds is 7. The second-order valence-corrected chi connectivity index (χ2v) is 8.56. The number of likely N-dealkylation sites (tertiary alicyclic amines) is 1. The van der Waals surface area contributed by atoms with E-state index in [4.69, 9.17) is 5.11 Å². The lowest BCUT2D eigenvalue weighted by Gasteiger charge is -2.37. The van der Waals surface area contributed by atoms with Crippen LogP contribution in [-0.4, -0.2) is 51.1 Å². The van der Waals surface area contributed by atoms with Crippen molar-refractivity contribution in [3.05, 3.63) is 85.3 Å². The Balaban J connectivity index is 1.37. The molecule has 0 bridgehead atoms. The molecule has 1 aliphatic heterocycles. The van der Waals surface area contributed by atoms with Crippen LogP contribution in [0.1, 0.15) is 0 Å². The molecule has 186 valence electrons. The molecule has 1 aromatic heterocycles. The van der Waals surface area contributed by atoms with Crippen LogP contribution in [0.25, 0.3) is 22.0 Å². The summed E-state index contributed by atoms with van der Waals surface area (Å²) in [5, 5.41) is 18.7. The van der Waals surface area contributed by atoms with E-state index in [2.05, 4.69) is 32.5 Å². The van der Waals surface area contributed by atoms with Gasteiger partial charge < -0.3 is 26.0 Å². The number of carboxylic acid groups (broad SMARTS) is 1. The van der Waals surface area contributed by atoms with Gasteiger partial charge in [-0.2, -0.15) is 0 Å². The molecule has 0 atom stereocenters. The van der Waals surface area contributed by atoms with Gasteiger partial charge in [-0.25, -0.2) is 19.2 Å². The number of benzene rings is 3. The molecule has 10 heteroatoms. The number of carbonyl (C=O) groups is 2. The maximum Gasteiger partial charge on any atom is 0.407 e. The average Bonchev–Trinajstić information content (AvgIpc) is 2.86. The van der Waals surface area contributed by atoms with Gasteiger partial charge in [-0.05, 0) is 60.2 Å². The number of hydrogen-bond acceptors (Lipinski definition) is 6. The highest BCUT2D eigenvalue weighted by molar-refractivity contribution is 6.00. The molecule has 9 nitrogen and oxygen atoms in total. The van der Waals surface area contributed by atoms with E-state index < -0.39 is 11.9 Å². The number of halogens is 1. The third kappa shape index (κ3) is 5.18. The van der Waals surface area contributed by atoms with Crippen LogP contribution in [0, 0.1) is 5.82 Å². The molecule has 0 aliphatic carbocycles. The molecule has 37 heavy (non-hydrogen) atoms. The van der Waals surface area contributed by atoms with E-state index >= 15 is 4.39 Å². The van der Waals surface area contributed by atoms with Gasteiger partial charge in [0.05, 0.1) is 11.6 Å². The van der Waals surface area contributed by atoms with Crippen molar-refractivity contribution in [3.63, 3.8) is 0 Å². The zero-order valence-corrected chi connectivity index (χ0v) is 19.6. The Kier molecular flexibility index (Phi) is 6.38. The first-order valence-electron chi connectivity index (χ1n) is 11.5. The molecule has 2 heterocycles. The first kappa shape index (κ1) is 23.7. The van der Waals surface area contributed by atoms with E-state index in [0.29, 0.717) is 46.8 Å². The minimum absolute atomic E-state index is 0.0793. The highest BCUT2D eigenvalue weighted by Gasteiger charge is 2.30. The molecule has 0 radical (unpaired) electrons. The van der Waals surface area contributed by atoms with E-state index in [1.807, 2.05) is 24.3 Å². The molecule has 5 rings (SSSR count). The topological polar surface area (TPSA) is 119 Å². The highest BCUT2D eigenvalue weighted by Crippen LogP contribution is 2.32. The Morgan fingerprint density at radius 1 is 1.05 bits per heavy atom. The quantitative estimate of drug-likeness (QED) is 0.262. The Morgan fingerprint density at radius 3 is 2.54 bits per heavy atom. The number of nitrogens with zero attached hydrogens (tertiary/aromatic N) is 3. The van der Waals surface area contributed by atoms with Gasteiger partial charge in [0.1, 0.15) is 5.82 Å². The van der Waals surface area contributed by atoms with Crippen LogP contribution in [0.15, 0.2) is 79.5 Å². The lowest BCUT2D eigenvalue weighted by Crippen LogP contribution is -2.56. The fourth-order valence-corrected chi connectivity index (χ4v) is 4.09. The maximum atomic E-state index is 15.0. The Bertz CT molecular complexity index is 1500. The molecule has 2 amide bonds. The molecule has 4 aromatic rings. The van der Waals surface area contributed by atoms with Crippen molar-refractivity contribution < 1.29 is 19.1 Å². The molecule has 0 unspecified atom stereocenters. The van der Waals surface area contributed by atoms with E-state index in [9.17, 15) is 9.59 Å². The highest BCUT2D eigenvalue weighted by atomic mass is 19.1. The van der Waals surface area contributed by atoms with Gasteiger partial charge in [-0.3, -0.25) is 4.79 Å². The molecule has 1 saturated heterocycles. The monoisotopic (exact) mass is 498 g/mol. The van der Waals surface area contributed by atoms with Gasteiger partial charge in [-0.15, -0.1) is 0 Å². The van der Waals surface area contributed by atoms with Crippen molar-refractivity contribution in [2.24, 2.45) is 0 Å². The zero-order chi connectivity index (χ0) is 25.9. The Morgan fingerprint density at radius 2 is 1.81 bits per heavy atom. The fraction of sp³-hybridized carbons (Fsp3) is 0.111. The van der Waals surface area contributed by atoms with E-state index in [-0.39, 0.29) is 11.9 Å². The summed E-state index contributed by atoms with van der Waals surface area (Å²) in [5.41, 5.74) is 3.40. The van der Waals surface area contributed by atoms with Crippen molar-refractivity contribution in [1.29, 1.82) is 0 Å². The predicted octanol–water partition coefficient (Wildman–Crippen LogP) is 5.08. The van der Waals surface area contributed by atoms with Crippen molar-refractivity contribution in [3.8, 4) is 11.1 Å². The second kappa shape index (κ2) is 9.94. The maximum absolute atomic E-state index is 15.0. The van der Waals surface area contributed by atoms with Crippen LogP contribution >= 0.6 is 0 Å². The van der Waals surface area contributed by atoms with E-state index in [0.717, 1.165) is 11.4 Å². The SMILES string of the molecule is C=CC(=O)Nc1cccc(-c2c(F)ccc3cnc(Nc4ccc(NC5CN(C(=O)O)C5)cc4)nc23)c1. The Labute approximate surface area is 211 Å². The van der Waals surface area contributed by atoms with Crippen LogP contribution in [0.5, 0.6) is 0 Å². The van der Waals surface area contributed by atoms with Gasteiger partial charge in [0.2, 0.25) is 11.9 Å². The molecule has 1 fully saturated rings. The van der Waals surface area contributed by atoms with Crippen LogP contribution in [-0.2, 0) is 4.79 Å². The lowest BCUT2D eigenvalue weighted by atomic mass is 10.0. The number of anilines is 4. The van der Waals surface area contributed by atoms with Crippen molar-refractivity contribution in [2.45, 2.75) is 6.04 Å². The normalized spacial score (nSPS) is 13.1. The summed E-state index contributed by atoms with van der Waals surface area (Å²) in [6.07, 6.45) is 1.87. The van der Waals surface area contributed by atoms with E-state index in [1.54, 1.807) is 36.5 Å². The summed E-state index contributed by atoms with van der Waals surface area (Å²) in [7, 11) is 0. The molecule has 4 N–H and O–H groups in total. The number of carbonyl (C=O) groups excluding carboxylic acids is 1. The van der Waals surface area contributed by atoms with Gasteiger partial charge in [0, 0.05) is 47.3 Å². The summed E-state index contributed by atoms with van der Waals surface area (Å²) >= 11 is 0. The summed E-state index contributed by atoms with van der Waals surface area (Å²) in [4.78, 5) is 32.9. The van der Waals surface area contributed by atoms with E-state index in [1.165, 1.54) is 17.0 Å². The smallest absolute Gasteiger partial charge is 0.407 e. The van der Waals surface area contributed by atoms with Crippen LogP contribution in [0.3, 0.4) is 0 Å². The minimum Gasteiger partial charge on any atom is -0.465 e. The van der Waals surface area contributed by atoms with Gasteiger partial charge in [-0.1, -0.05) is 18.7 Å². The van der Waals surface area contributed by atoms with Crippen LogP contribution < -0.4 is 16.0 Å². The summed E-state index contributed by atoms with van der Waals surface area (Å²) in [6, 6.07) is 17.4. The van der Waals surface area contributed by atoms with Crippen molar-refractivity contribution >= 4 is 45.9 Å². The average molecular weight is 499 g/mol. The summed E-state index contributed by atoms with van der Waals surface area (Å²) in [6.45, 7) is 4.34. The number of fused-ring (bicyclic) bond motifs is 1. The first-order valence-corrected chi connectivity index (χ1v) is 11.5. The molecular weight excluding hydrogens is 475 g/mol. The largest absolute Gasteiger partial charge is 0.465 e. The van der Waals surface area contributed by atoms with Crippen LogP contribution in [0.2, 0.25) is 0 Å². The van der Waals surface area contributed by atoms with Gasteiger partial charge in [0.15, 0.2) is 0 Å². The number of amides is 2. The molecule has 0 spiro atoms.